The molecule has 0 saturated heterocycles. The Hall–Kier alpha value is -1.20. The minimum atomic E-state index is -1.29. The molecule has 1 aliphatic heterocycles. The van der Waals surface area contributed by atoms with E-state index in [9.17, 15) is 14.5 Å². The van der Waals surface area contributed by atoms with Crippen molar-refractivity contribution in [3.63, 3.8) is 0 Å². The molecule has 0 radical (unpaired) electrons. The first-order valence-corrected chi connectivity index (χ1v) is 3.23. The molecule has 5 nitrogen and oxygen atoms in total. The van der Waals surface area contributed by atoms with E-state index < -0.39 is 17.6 Å². The van der Waals surface area contributed by atoms with Crippen LogP contribution in [0.4, 0.5) is 4.39 Å². The molecule has 1 atom stereocenters. The molecular formula is C5H8FN3O2. The number of nitrogens with one attached hydrogen (secondary N) is 1. The third-order valence-corrected chi connectivity index (χ3v) is 1.42. The van der Waals surface area contributed by atoms with Crippen molar-refractivity contribution in [2.45, 2.75) is 6.04 Å². The van der Waals surface area contributed by atoms with Gasteiger partial charge in [0.25, 0.3) is 6.04 Å². The Labute approximate surface area is 62.5 Å². The van der Waals surface area contributed by atoms with E-state index >= 15 is 0 Å². The fraction of sp³-hybridized carbons (Fsp3) is 0.800. The molecule has 0 spiro atoms. The highest BCUT2D eigenvalue weighted by atomic mass is 19.1. The number of nitro groups is 1. The first-order valence-electron chi connectivity index (χ1n) is 3.23. The molecule has 1 N–H and O–H groups in total. The lowest BCUT2D eigenvalue weighted by Crippen LogP contribution is -2.38. The summed E-state index contributed by atoms with van der Waals surface area (Å²) in [4.78, 5) is 13.2. The van der Waals surface area contributed by atoms with Gasteiger partial charge >= 0.3 is 0 Å². The standard InChI is InChI=1S/C5H8FN3O2/c6-3-4(9(10)11)5-7-1-2-8-5/h4H,1-3H2,(H,7,8). The second-order valence-corrected chi connectivity index (χ2v) is 2.15. The topological polar surface area (TPSA) is 67.5 Å². The third-order valence-electron chi connectivity index (χ3n) is 1.42. The normalized spacial score (nSPS) is 18.8. The van der Waals surface area contributed by atoms with Gasteiger partial charge in [-0.1, -0.05) is 0 Å². The first-order chi connectivity index (χ1) is 5.25. The van der Waals surface area contributed by atoms with Crippen LogP contribution in [0.3, 0.4) is 0 Å². The van der Waals surface area contributed by atoms with Gasteiger partial charge in [-0.2, -0.15) is 0 Å². The summed E-state index contributed by atoms with van der Waals surface area (Å²) in [7, 11) is 0. The molecule has 0 bridgehead atoms. The van der Waals surface area contributed by atoms with E-state index in [0.29, 0.717) is 13.1 Å². The van der Waals surface area contributed by atoms with Crippen molar-refractivity contribution in [3.05, 3.63) is 10.1 Å². The van der Waals surface area contributed by atoms with Gasteiger partial charge in [-0.05, 0) is 0 Å². The Kier molecular flexibility index (Phi) is 2.35. The predicted molar refractivity (Wildman–Crippen MR) is 37.1 cm³/mol. The van der Waals surface area contributed by atoms with Crippen LogP contribution < -0.4 is 5.32 Å². The number of aliphatic imine (C=N–C) groups is 1. The van der Waals surface area contributed by atoms with Crippen molar-refractivity contribution in [3.8, 4) is 0 Å². The maximum Gasteiger partial charge on any atom is 0.296 e. The van der Waals surface area contributed by atoms with E-state index in [4.69, 9.17) is 0 Å². The van der Waals surface area contributed by atoms with Gasteiger partial charge in [-0.15, -0.1) is 0 Å². The summed E-state index contributed by atoms with van der Waals surface area (Å²) in [6.45, 7) is 0.0676. The largest absolute Gasteiger partial charge is 0.366 e. The Morgan fingerprint density at radius 1 is 1.91 bits per heavy atom. The molecule has 1 unspecified atom stereocenters. The van der Waals surface area contributed by atoms with Crippen molar-refractivity contribution in [1.29, 1.82) is 0 Å². The number of amidine groups is 1. The van der Waals surface area contributed by atoms with Gasteiger partial charge in [-0.25, -0.2) is 4.39 Å². The summed E-state index contributed by atoms with van der Waals surface area (Å²) in [6, 6.07) is -1.29. The second-order valence-electron chi connectivity index (χ2n) is 2.15. The minimum absolute atomic E-state index is 0.164. The van der Waals surface area contributed by atoms with E-state index in [-0.39, 0.29) is 5.84 Å². The van der Waals surface area contributed by atoms with E-state index in [1.807, 2.05) is 0 Å². The number of alkyl halides is 1. The molecule has 0 aromatic rings. The Morgan fingerprint density at radius 2 is 2.64 bits per heavy atom. The van der Waals surface area contributed by atoms with Gasteiger partial charge in [0.1, 0.15) is 0 Å². The number of rotatable bonds is 3. The van der Waals surface area contributed by atoms with Crippen molar-refractivity contribution in [2.75, 3.05) is 19.8 Å². The van der Waals surface area contributed by atoms with Crippen molar-refractivity contribution in [1.82, 2.24) is 5.32 Å². The summed E-state index contributed by atoms with van der Waals surface area (Å²) in [5.41, 5.74) is 0. The molecule has 62 valence electrons. The summed E-state index contributed by atoms with van der Waals surface area (Å²) in [5.74, 6) is 0.164. The number of halogens is 1. The summed E-state index contributed by atoms with van der Waals surface area (Å²) >= 11 is 0. The van der Waals surface area contributed by atoms with Crippen LogP contribution in [0.25, 0.3) is 0 Å². The average Bonchev–Trinajstić information content (AvgIpc) is 2.40. The summed E-state index contributed by atoms with van der Waals surface area (Å²) in [6.07, 6.45) is 0. The Balaban J connectivity index is 2.61. The lowest BCUT2D eigenvalue weighted by Gasteiger charge is -2.04. The monoisotopic (exact) mass is 161 g/mol. The molecular weight excluding hydrogens is 153 g/mol. The second kappa shape index (κ2) is 3.27. The van der Waals surface area contributed by atoms with E-state index in [1.165, 1.54) is 0 Å². The third kappa shape index (κ3) is 1.63. The van der Waals surface area contributed by atoms with Gasteiger partial charge in [0.05, 0.1) is 6.54 Å². The fourth-order valence-electron chi connectivity index (χ4n) is 0.869. The molecule has 0 aromatic carbocycles. The highest BCUT2D eigenvalue weighted by Crippen LogP contribution is 1.97. The van der Waals surface area contributed by atoms with Gasteiger partial charge < -0.3 is 5.32 Å². The molecule has 0 saturated carbocycles. The Morgan fingerprint density at radius 3 is 3.00 bits per heavy atom. The van der Waals surface area contributed by atoms with Gasteiger partial charge in [0.2, 0.25) is 0 Å². The van der Waals surface area contributed by atoms with Crippen molar-refractivity contribution in [2.24, 2.45) is 4.99 Å². The Bertz CT molecular complexity index is 194. The van der Waals surface area contributed by atoms with Crippen LogP contribution in [0, 0.1) is 10.1 Å². The zero-order valence-electron chi connectivity index (χ0n) is 5.79. The van der Waals surface area contributed by atoms with Crippen LogP contribution in [0.15, 0.2) is 4.99 Å². The van der Waals surface area contributed by atoms with Gasteiger partial charge in [0, 0.05) is 11.5 Å². The van der Waals surface area contributed by atoms with Gasteiger partial charge in [0.15, 0.2) is 12.5 Å². The zero-order valence-corrected chi connectivity index (χ0v) is 5.79. The van der Waals surface area contributed by atoms with Crippen LogP contribution in [0.5, 0.6) is 0 Å². The van der Waals surface area contributed by atoms with Gasteiger partial charge in [-0.3, -0.25) is 15.1 Å². The summed E-state index contributed by atoms with van der Waals surface area (Å²) in [5, 5.41) is 12.8. The molecule has 0 aromatic heterocycles. The highest BCUT2D eigenvalue weighted by Gasteiger charge is 2.28. The smallest absolute Gasteiger partial charge is 0.296 e. The maximum absolute atomic E-state index is 12.0. The SMILES string of the molecule is O=[N+]([O-])C(CF)C1=NCCN1. The summed E-state index contributed by atoms with van der Waals surface area (Å²) < 4.78 is 12.0. The molecule has 0 amide bonds. The number of hydrogen-bond donors (Lipinski definition) is 1. The average molecular weight is 161 g/mol. The number of nitrogens with zero attached hydrogens (tertiary/aromatic N) is 2. The highest BCUT2D eigenvalue weighted by molar-refractivity contribution is 5.87. The number of hydrogen-bond acceptors (Lipinski definition) is 4. The quantitative estimate of drug-likeness (QED) is 0.452. The molecule has 1 heterocycles. The lowest BCUT2D eigenvalue weighted by atomic mass is 10.3. The minimum Gasteiger partial charge on any atom is -0.366 e. The molecule has 6 heteroatoms. The van der Waals surface area contributed by atoms with Crippen molar-refractivity contribution >= 4 is 5.84 Å². The van der Waals surface area contributed by atoms with Crippen LogP contribution in [0.2, 0.25) is 0 Å². The van der Waals surface area contributed by atoms with Crippen LogP contribution in [0.1, 0.15) is 0 Å². The lowest BCUT2D eigenvalue weighted by molar-refractivity contribution is -0.504. The van der Waals surface area contributed by atoms with Crippen LogP contribution in [-0.4, -0.2) is 36.6 Å². The zero-order chi connectivity index (χ0) is 8.27. The molecule has 0 fully saturated rings. The van der Waals surface area contributed by atoms with Crippen LogP contribution in [-0.2, 0) is 0 Å². The molecule has 0 aliphatic carbocycles. The van der Waals surface area contributed by atoms with E-state index in [2.05, 4.69) is 10.3 Å². The molecule has 1 aliphatic rings. The fourth-order valence-corrected chi connectivity index (χ4v) is 0.869. The molecule has 1 rings (SSSR count). The first kappa shape index (κ1) is 7.90. The van der Waals surface area contributed by atoms with Crippen LogP contribution >= 0.6 is 0 Å². The predicted octanol–water partition coefficient (Wildman–Crippen LogP) is -0.397. The van der Waals surface area contributed by atoms with E-state index in [1.54, 1.807) is 0 Å². The van der Waals surface area contributed by atoms with Crippen molar-refractivity contribution < 1.29 is 9.31 Å². The van der Waals surface area contributed by atoms with E-state index in [0.717, 1.165) is 0 Å². The maximum atomic E-state index is 12.0. The molecule has 11 heavy (non-hydrogen) atoms.